The molecule has 2 N–H and O–H groups in total. The van der Waals surface area contributed by atoms with Crippen LogP contribution in [0.2, 0.25) is 0 Å². The van der Waals surface area contributed by atoms with Gasteiger partial charge < -0.3 is 5.32 Å². The van der Waals surface area contributed by atoms with E-state index in [2.05, 4.69) is 40.9 Å². The number of unbranched alkanes of at least 4 members (excludes halogenated alkanes) is 5. The molecule has 2 aromatic carbocycles. The van der Waals surface area contributed by atoms with Crippen LogP contribution < -0.4 is 9.62 Å². The SMILES string of the molecule is CCCCCCCC[NH2+]C1c2ccccc2N(C)S(=O)(=O)c2cc(I)ccc21. The molecule has 6 heteroatoms. The molecule has 0 aromatic heterocycles. The van der Waals surface area contributed by atoms with Gasteiger partial charge in [-0.2, -0.15) is 0 Å². The molecule has 0 radical (unpaired) electrons. The van der Waals surface area contributed by atoms with Gasteiger partial charge in [0, 0.05) is 21.7 Å². The molecule has 1 unspecified atom stereocenters. The molecular formula is C22H30IN2O2S+. The maximum Gasteiger partial charge on any atom is 0.264 e. The number of anilines is 1. The maximum absolute atomic E-state index is 13.3. The highest BCUT2D eigenvalue weighted by atomic mass is 127. The summed E-state index contributed by atoms with van der Waals surface area (Å²) in [5, 5.41) is 2.32. The van der Waals surface area contributed by atoms with Gasteiger partial charge in [0.15, 0.2) is 0 Å². The van der Waals surface area contributed by atoms with Crippen molar-refractivity contribution in [3.05, 3.63) is 57.2 Å². The zero-order valence-corrected chi connectivity index (χ0v) is 19.7. The molecular weight excluding hydrogens is 483 g/mol. The lowest BCUT2D eigenvalue weighted by Crippen LogP contribution is -2.85. The van der Waals surface area contributed by atoms with E-state index in [9.17, 15) is 8.42 Å². The van der Waals surface area contributed by atoms with Crippen LogP contribution in [0.1, 0.15) is 62.6 Å². The standard InChI is InChI=1S/C22H29IN2O2S/c1-3-4-5-6-7-10-15-24-22-18-11-8-9-12-20(18)25(2)28(26,27)21-16-17(23)13-14-19(21)22/h8-9,11-14,16,22,24H,3-7,10,15H2,1-2H3/p+1. The first kappa shape index (κ1) is 21.6. The molecule has 0 saturated heterocycles. The zero-order chi connectivity index (χ0) is 20.1. The zero-order valence-electron chi connectivity index (χ0n) is 16.7. The van der Waals surface area contributed by atoms with Crippen molar-refractivity contribution in [1.29, 1.82) is 0 Å². The number of benzene rings is 2. The van der Waals surface area contributed by atoms with E-state index < -0.39 is 10.0 Å². The average molecular weight is 513 g/mol. The number of hydrogen-bond donors (Lipinski definition) is 1. The highest BCUT2D eigenvalue weighted by Gasteiger charge is 2.36. The molecule has 0 bridgehead atoms. The predicted octanol–water partition coefficient (Wildman–Crippen LogP) is 4.44. The molecule has 0 saturated carbocycles. The van der Waals surface area contributed by atoms with Crippen LogP contribution in [0.25, 0.3) is 0 Å². The number of nitrogens with two attached hydrogens (primary N) is 1. The van der Waals surface area contributed by atoms with Gasteiger partial charge in [-0.15, -0.1) is 0 Å². The van der Waals surface area contributed by atoms with Crippen molar-refractivity contribution in [2.75, 3.05) is 17.9 Å². The van der Waals surface area contributed by atoms with Gasteiger partial charge in [-0.1, -0.05) is 56.9 Å². The Balaban J connectivity index is 1.90. The summed E-state index contributed by atoms with van der Waals surface area (Å²) in [5.41, 5.74) is 2.74. The second kappa shape index (κ2) is 9.59. The molecule has 152 valence electrons. The first-order valence-corrected chi connectivity index (χ1v) is 12.7. The molecule has 0 amide bonds. The van der Waals surface area contributed by atoms with E-state index >= 15 is 0 Å². The van der Waals surface area contributed by atoms with Crippen molar-refractivity contribution in [3.63, 3.8) is 0 Å². The lowest BCUT2D eigenvalue weighted by Gasteiger charge is -2.20. The summed E-state index contributed by atoms with van der Waals surface area (Å²) < 4.78 is 28.9. The second-order valence-electron chi connectivity index (χ2n) is 7.48. The van der Waals surface area contributed by atoms with Crippen LogP contribution in [0.4, 0.5) is 5.69 Å². The number of halogens is 1. The molecule has 3 rings (SSSR count). The van der Waals surface area contributed by atoms with Crippen LogP contribution in [0.15, 0.2) is 47.4 Å². The van der Waals surface area contributed by atoms with E-state index in [4.69, 9.17) is 0 Å². The van der Waals surface area contributed by atoms with Crippen molar-refractivity contribution in [2.24, 2.45) is 0 Å². The highest BCUT2D eigenvalue weighted by Crippen LogP contribution is 2.38. The van der Waals surface area contributed by atoms with Crippen LogP contribution in [0, 0.1) is 3.57 Å². The molecule has 0 spiro atoms. The van der Waals surface area contributed by atoms with E-state index in [1.54, 1.807) is 13.1 Å². The fourth-order valence-corrected chi connectivity index (χ4v) is 6.13. The van der Waals surface area contributed by atoms with Gasteiger partial charge in [0.25, 0.3) is 10.0 Å². The largest absolute Gasteiger partial charge is 0.336 e. The Morgan fingerprint density at radius 1 is 1.00 bits per heavy atom. The van der Waals surface area contributed by atoms with Gasteiger partial charge in [0.1, 0.15) is 6.04 Å². The molecule has 1 aliphatic rings. The summed E-state index contributed by atoms with van der Waals surface area (Å²) >= 11 is 2.19. The molecule has 1 atom stereocenters. The van der Waals surface area contributed by atoms with Crippen molar-refractivity contribution in [2.45, 2.75) is 56.4 Å². The van der Waals surface area contributed by atoms with Crippen molar-refractivity contribution in [1.82, 2.24) is 0 Å². The van der Waals surface area contributed by atoms with Crippen molar-refractivity contribution >= 4 is 38.3 Å². The molecule has 0 fully saturated rings. The van der Waals surface area contributed by atoms with Crippen LogP contribution >= 0.6 is 22.6 Å². The van der Waals surface area contributed by atoms with E-state index in [-0.39, 0.29) is 6.04 Å². The Kier molecular flexibility index (Phi) is 7.39. The summed E-state index contributed by atoms with van der Waals surface area (Å²) in [6, 6.07) is 13.7. The van der Waals surface area contributed by atoms with Crippen LogP contribution in [-0.2, 0) is 10.0 Å². The summed E-state index contributed by atoms with van der Waals surface area (Å²) in [6.45, 7) is 3.24. The fraction of sp³-hybridized carbons (Fsp3) is 0.455. The number of fused-ring (bicyclic) bond motifs is 2. The molecule has 1 aliphatic heterocycles. The van der Waals surface area contributed by atoms with Crippen LogP contribution in [-0.4, -0.2) is 22.0 Å². The number of quaternary nitrogens is 1. The topological polar surface area (TPSA) is 54.0 Å². The summed E-state index contributed by atoms with van der Waals surface area (Å²) in [4.78, 5) is 0.433. The Bertz CT molecular complexity index is 915. The van der Waals surface area contributed by atoms with Gasteiger partial charge in [-0.3, -0.25) is 4.31 Å². The van der Waals surface area contributed by atoms with Crippen LogP contribution in [0.3, 0.4) is 0 Å². The fourth-order valence-electron chi connectivity index (χ4n) is 3.93. The minimum absolute atomic E-state index is 0.00133. The molecule has 2 aromatic rings. The number of para-hydroxylation sites is 1. The summed E-state index contributed by atoms with van der Waals surface area (Å²) in [5.74, 6) is 0. The van der Waals surface area contributed by atoms with E-state index in [1.807, 2.05) is 30.3 Å². The first-order valence-electron chi connectivity index (χ1n) is 10.2. The highest BCUT2D eigenvalue weighted by molar-refractivity contribution is 14.1. The van der Waals surface area contributed by atoms with Gasteiger partial charge in [-0.25, -0.2) is 8.42 Å². The monoisotopic (exact) mass is 513 g/mol. The normalized spacial score (nSPS) is 17.7. The number of rotatable bonds is 8. The predicted molar refractivity (Wildman–Crippen MR) is 123 cm³/mol. The third-order valence-electron chi connectivity index (χ3n) is 5.52. The third-order valence-corrected chi connectivity index (χ3v) is 8.02. The summed E-state index contributed by atoms with van der Waals surface area (Å²) in [7, 11) is -1.90. The average Bonchev–Trinajstić information content (AvgIpc) is 2.75. The van der Waals surface area contributed by atoms with Crippen molar-refractivity contribution < 1.29 is 13.7 Å². The molecule has 0 aliphatic carbocycles. The lowest BCUT2D eigenvalue weighted by molar-refractivity contribution is -0.687. The minimum Gasteiger partial charge on any atom is -0.336 e. The number of nitrogens with zero attached hydrogens (tertiary/aromatic N) is 1. The smallest absolute Gasteiger partial charge is 0.264 e. The molecule has 4 nitrogen and oxygen atoms in total. The van der Waals surface area contributed by atoms with Gasteiger partial charge in [-0.05, 0) is 53.6 Å². The van der Waals surface area contributed by atoms with Gasteiger partial charge in [0.2, 0.25) is 0 Å². The Morgan fingerprint density at radius 3 is 2.50 bits per heavy atom. The molecule has 28 heavy (non-hydrogen) atoms. The maximum atomic E-state index is 13.3. The second-order valence-corrected chi connectivity index (χ2v) is 10.7. The lowest BCUT2D eigenvalue weighted by atomic mass is 9.96. The van der Waals surface area contributed by atoms with Gasteiger partial charge in [0.05, 0.1) is 17.1 Å². The van der Waals surface area contributed by atoms with E-state index in [1.165, 1.54) is 36.4 Å². The third kappa shape index (κ3) is 4.54. The first-order chi connectivity index (χ1) is 13.5. The summed E-state index contributed by atoms with van der Waals surface area (Å²) in [6.07, 6.45) is 7.58. The Hall–Kier alpha value is -1.12. The Labute approximate surface area is 182 Å². The molecule has 1 heterocycles. The van der Waals surface area contributed by atoms with Crippen LogP contribution in [0.5, 0.6) is 0 Å². The number of hydrogen-bond acceptors (Lipinski definition) is 2. The number of sulfonamides is 1. The minimum atomic E-state index is -3.56. The van der Waals surface area contributed by atoms with Gasteiger partial charge >= 0.3 is 0 Å². The Morgan fingerprint density at radius 2 is 1.71 bits per heavy atom. The van der Waals surface area contributed by atoms with E-state index in [0.29, 0.717) is 4.90 Å². The quantitative estimate of drug-likeness (QED) is 0.419. The van der Waals surface area contributed by atoms with E-state index in [0.717, 1.165) is 33.4 Å². The van der Waals surface area contributed by atoms with Crippen molar-refractivity contribution in [3.8, 4) is 0 Å².